The first kappa shape index (κ1) is 20.1. The molecule has 1 amide bonds. The van der Waals surface area contributed by atoms with Gasteiger partial charge in [-0.25, -0.2) is 12.8 Å². The fourth-order valence-electron chi connectivity index (χ4n) is 2.13. The van der Waals surface area contributed by atoms with Crippen LogP contribution < -0.4 is 5.32 Å². The van der Waals surface area contributed by atoms with Crippen LogP contribution in [-0.2, 0) is 14.8 Å². The van der Waals surface area contributed by atoms with Crippen LogP contribution in [0.1, 0.15) is 0 Å². The largest absolute Gasteiger partial charge is 0.339 e. The second kappa shape index (κ2) is 8.25. The van der Waals surface area contributed by atoms with Crippen molar-refractivity contribution in [3.63, 3.8) is 0 Å². The van der Waals surface area contributed by atoms with E-state index in [9.17, 15) is 17.6 Å². The minimum atomic E-state index is -4.03. The van der Waals surface area contributed by atoms with E-state index in [1.165, 1.54) is 13.1 Å². The van der Waals surface area contributed by atoms with Gasteiger partial charge in [0, 0.05) is 33.2 Å². The van der Waals surface area contributed by atoms with Crippen molar-refractivity contribution in [2.45, 2.75) is 4.90 Å². The van der Waals surface area contributed by atoms with E-state index in [2.05, 4.69) is 5.32 Å². The average molecular weight is 386 g/mol. The maximum atomic E-state index is 13.3. The molecule has 2 rings (SSSR count). The molecule has 23 heavy (non-hydrogen) atoms. The van der Waals surface area contributed by atoms with Crippen LogP contribution in [0.25, 0.3) is 0 Å². The van der Waals surface area contributed by atoms with Gasteiger partial charge in [-0.1, -0.05) is 11.6 Å². The summed E-state index contributed by atoms with van der Waals surface area (Å²) in [5, 5.41) is 3.03. The van der Waals surface area contributed by atoms with Gasteiger partial charge in [-0.05, 0) is 18.2 Å². The van der Waals surface area contributed by atoms with Crippen molar-refractivity contribution < 1.29 is 17.6 Å². The van der Waals surface area contributed by atoms with Crippen molar-refractivity contribution >= 4 is 39.9 Å². The van der Waals surface area contributed by atoms with Crippen molar-refractivity contribution in [1.82, 2.24) is 14.5 Å². The van der Waals surface area contributed by atoms with E-state index in [-0.39, 0.29) is 34.8 Å². The number of carbonyl (C=O) groups excluding carboxylic acids is 1. The summed E-state index contributed by atoms with van der Waals surface area (Å²) >= 11 is 5.83. The Morgan fingerprint density at radius 3 is 2.61 bits per heavy atom. The summed E-state index contributed by atoms with van der Waals surface area (Å²) in [6.07, 6.45) is 0. The fourth-order valence-corrected chi connectivity index (χ4v) is 3.73. The molecule has 1 heterocycles. The summed E-state index contributed by atoms with van der Waals surface area (Å²) < 4.78 is 39.0. The molecule has 1 aliphatic rings. The van der Waals surface area contributed by atoms with Crippen molar-refractivity contribution in [3.8, 4) is 0 Å². The molecule has 0 spiro atoms. The second-order valence-electron chi connectivity index (χ2n) is 4.97. The summed E-state index contributed by atoms with van der Waals surface area (Å²) in [6, 6.07) is 3.10. The van der Waals surface area contributed by atoms with Crippen LogP contribution in [-0.4, -0.2) is 63.3 Å². The number of likely N-dealkylation sites (N-methyl/N-ethyl adjacent to an activating group) is 1. The van der Waals surface area contributed by atoms with Gasteiger partial charge in [0.2, 0.25) is 15.9 Å². The number of benzene rings is 1. The summed E-state index contributed by atoms with van der Waals surface area (Å²) in [5.41, 5.74) is 0. The lowest BCUT2D eigenvalue weighted by atomic mass is 10.3. The number of carbonyl (C=O) groups is 1. The lowest BCUT2D eigenvalue weighted by Gasteiger charge is -2.29. The van der Waals surface area contributed by atoms with E-state index in [1.54, 1.807) is 4.90 Å². The van der Waals surface area contributed by atoms with Crippen molar-refractivity contribution in [2.75, 3.05) is 39.8 Å². The summed E-state index contributed by atoms with van der Waals surface area (Å²) in [5.74, 6) is -0.995. The molecule has 1 fully saturated rings. The quantitative estimate of drug-likeness (QED) is 0.837. The molecule has 1 N–H and O–H groups in total. The number of halogens is 3. The maximum Gasteiger partial charge on any atom is 0.244 e. The van der Waals surface area contributed by atoms with Gasteiger partial charge in [0.25, 0.3) is 0 Å². The summed E-state index contributed by atoms with van der Waals surface area (Å²) in [6.45, 7) is 2.12. The Morgan fingerprint density at radius 1 is 1.39 bits per heavy atom. The zero-order valence-corrected chi connectivity index (χ0v) is 14.8. The lowest BCUT2D eigenvalue weighted by molar-refractivity contribution is -0.131. The average Bonchev–Trinajstić information content (AvgIpc) is 2.50. The van der Waals surface area contributed by atoms with E-state index in [1.807, 2.05) is 0 Å². The first-order chi connectivity index (χ1) is 10.3. The van der Waals surface area contributed by atoms with E-state index in [4.69, 9.17) is 11.6 Å². The van der Waals surface area contributed by atoms with Crippen molar-refractivity contribution in [3.05, 3.63) is 29.0 Å². The molecule has 0 atom stereocenters. The van der Waals surface area contributed by atoms with E-state index < -0.39 is 15.8 Å². The van der Waals surface area contributed by atoms with Crippen LogP contribution in [0.4, 0.5) is 4.39 Å². The second-order valence-corrected chi connectivity index (χ2v) is 7.39. The summed E-state index contributed by atoms with van der Waals surface area (Å²) in [7, 11) is -2.75. The maximum absolute atomic E-state index is 13.3. The topological polar surface area (TPSA) is 69.7 Å². The predicted octanol–water partition coefficient (Wildman–Crippen LogP) is 0.953. The van der Waals surface area contributed by atoms with Crippen LogP contribution in [0.2, 0.25) is 5.02 Å². The highest BCUT2D eigenvalue weighted by molar-refractivity contribution is 7.89. The summed E-state index contributed by atoms with van der Waals surface area (Å²) in [4.78, 5) is 13.4. The molecular formula is C13H18Cl2FN3O3S. The van der Waals surface area contributed by atoms with Crippen LogP contribution in [0.15, 0.2) is 23.1 Å². The molecule has 0 unspecified atom stereocenters. The number of rotatable bonds is 4. The molecule has 0 aromatic heterocycles. The molecule has 1 aliphatic heterocycles. The van der Waals surface area contributed by atoms with Gasteiger partial charge in [-0.2, -0.15) is 4.31 Å². The van der Waals surface area contributed by atoms with Gasteiger partial charge in [-0.3, -0.25) is 4.79 Å². The Hall–Kier alpha value is -0.930. The van der Waals surface area contributed by atoms with Crippen molar-refractivity contribution in [2.24, 2.45) is 0 Å². The Balaban J connectivity index is 0.00000264. The number of sulfonamides is 1. The van der Waals surface area contributed by atoms with Gasteiger partial charge < -0.3 is 10.2 Å². The van der Waals surface area contributed by atoms with Crippen molar-refractivity contribution in [1.29, 1.82) is 0 Å². The first-order valence-corrected chi connectivity index (χ1v) is 8.54. The number of nitrogens with one attached hydrogen (secondary N) is 1. The number of nitrogens with zero attached hydrogens (tertiary/aromatic N) is 2. The predicted molar refractivity (Wildman–Crippen MR) is 87.9 cm³/mol. The molecule has 0 bridgehead atoms. The number of amides is 1. The van der Waals surface area contributed by atoms with Crippen LogP contribution in [0.3, 0.4) is 0 Å². The van der Waals surface area contributed by atoms with Crippen LogP contribution >= 0.6 is 24.0 Å². The lowest BCUT2D eigenvalue weighted by Crippen LogP contribution is -2.49. The normalized spacial score (nSPS) is 15.4. The number of hydrogen-bond donors (Lipinski definition) is 1. The van der Waals surface area contributed by atoms with Crippen LogP contribution in [0, 0.1) is 5.82 Å². The molecule has 0 radical (unpaired) electrons. The Bertz CT molecular complexity index is 666. The van der Waals surface area contributed by atoms with E-state index in [0.717, 1.165) is 16.4 Å². The minimum absolute atomic E-state index is 0. The van der Waals surface area contributed by atoms with E-state index >= 15 is 0 Å². The molecule has 1 saturated heterocycles. The highest BCUT2D eigenvalue weighted by Crippen LogP contribution is 2.24. The number of piperazine rings is 1. The van der Waals surface area contributed by atoms with Gasteiger partial charge in [0.05, 0.1) is 11.6 Å². The third kappa shape index (κ3) is 4.77. The molecule has 10 heteroatoms. The Kier molecular flexibility index (Phi) is 7.22. The standard InChI is InChI=1S/C13H17ClFN3O3S.ClH/c1-17(9-13(19)18-6-4-16-5-7-18)22(20,21)12-8-10(15)2-3-11(12)14;/h2-3,8,16H,4-7,9H2,1H3;1H. The monoisotopic (exact) mass is 385 g/mol. The highest BCUT2D eigenvalue weighted by atomic mass is 35.5. The smallest absolute Gasteiger partial charge is 0.244 e. The number of hydrogen-bond acceptors (Lipinski definition) is 4. The fraction of sp³-hybridized carbons (Fsp3) is 0.462. The zero-order valence-electron chi connectivity index (χ0n) is 12.5. The molecule has 0 saturated carbocycles. The Morgan fingerprint density at radius 2 is 2.00 bits per heavy atom. The SMILES string of the molecule is CN(CC(=O)N1CCNCC1)S(=O)(=O)c1cc(F)ccc1Cl.Cl. The zero-order chi connectivity index (χ0) is 16.3. The highest BCUT2D eigenvalue weighted by Gasteiger charge is 2.28. The van der Waals surface area contributed by atoms with Gasteiger partial charge >= 0.3 is 0 Å². The van der Waals surface area contributed by atoms with Gasteiger partial charge in [-0.15, -0.1) is 12.4 Å². The molecule has 0 aliphatic carbocycles. The van der Waals surface area contributed by atoms with Gasteiger partial charge in [0.15, 0.2) is 0 Å². The molecule has 1 aromatic rings. The molecular weight excluding hydrogens is 368 g/mol. The van der Waals surface area contributed by atoms with Gasteiger partial charge in [0.1, 0.15) is 10.7 Å². The molecule has 6 nitrogen and oxygen atoms in total. The molecule has 1 aromatic carbocycles. The van der Waals surface area contributed by atoms with Crippen LogP contribution in [0.5, 0.6) is 0 Å². The third-order valence-corrected chi connectivity index (χ3v) is 5.69. The minimum Gasteiger partial charge on any atom is -0.339 e. The first-order valence-electron chi connectivity index (χ1n) is 6.72. The molecule has 130 valence electrons. The Labute approximate surface area is 146 Å². The van der Waals surface area contributed by atoms with E-state index in [0.29, 0.717) is 26.2 Å². The third-order valence-electron chi connectivity index (χ3n) is 3.41.